The Balaban J connectivity index is 3.55. The first-order chi connectivity index (χ1) is 8.35. The van der Waals surface area contributed by atoms with Crippen molar-refractivity contribution in [3.63, 3.8) is 0 Å². The Hall–Kier alpha value is -0.810. The maximum atomic E-state index is 11.2. The minimum absolute atomic E-state index is 0.381. The molecule has 0 aliphatic heterocycles. The molecule has 18 heavy (non-hydrogen) atoms. The molecule has 1 atom stereocenters. The van der Waals surface area contributed by atoms with Crippen LogP contribution in [0.2, 0.25) is 0 Å². The molecule has 0 heterocycles. The Morgan fingerprint density at radius 1 is 1.17 bits per heavy atom. The molecule has 0 spiro atoms. The van der Waals surface area contributed by atoms with Gasteiger partial charge in [0, 0.05) is 6.92 Å². The van der Waals surface area contributed by atoms with Gasteiger partial charge in [-0.15, -0.1) is 0 Å². The van der Waals surface area contributed by atoms with Crippen molar-refractivity contribution in [1.29, 1.82) is 0 Å². The van der Waals surface area contributed by atoms with Crippen LogP contribution in [0.5, 0.6) is 0 Å². The third-order valence-electron chi connectivity index (χ3n) is 1.91. The fourth-order valence-electron chi connectivity index (χ4n) is 1.09. The Morgan fingerprint density at radius 3 is 2.39 bits per heavy atom. The van der Waals surface area contributed by atoms with Crippen LogP contribution >= 0.6 is 0 Å². The maximum absolute atomic E-state index is 11.2. The SMILES string of the molecule is CCCCCCOC(=O)OC(C)OOC(C)(C)C. The van der Waals surface area contributed by atoms with Crippen molar-refractivity contribution in [3.8, 4) is 0 Å². The molecule has 5 nitrogen and oxygen atoms in total. The Kier molecular flexibility index (Phi) is 8.75. The molecule has 0 aromatic rings. The Labute approximate surface area is 110 Å². The van der Waals surface area contributed by atoms with E-state index >= 15 is 0 Å². The van der Waals surface area contributed by atoms with Crippen LogP contribution in [0, 0.1) is 0 Å². The fraction of sp³-hybridized carbons (Fsp3) is 0.923. The molecule has 0 bridgehead atoms. The quantitative estimate of drug-likeness (QED) is 0.219. The summed E-state index contributed by atoms with van der Waals surface area (Å²) >= 11 is 0. The van der Waals surface area contributed by atoms with Crippen LogP contribution in [0.15, 0.2) is 0 Å². The van der Waals surface area contributed by atoms with Crippen LogP contribution in [0.1, 0.15) is 60.3 Å². The van der Waals surface area contributed by atoms with Crippen molar-refractivity contribution in [1.82, 2.24) is 0 Å². The first-order valence-electron chi connectivity index (χ1n) is 6.53. The third-order valence-corrected chi connectivity index (χ3v) is 1.91. The summed E-state index contributed by atoms with van der Waals surface area (Å²) in [6.45, 7) is 9.60. The second kappa shape index (κ2) is 9.16. The molecular weight excluding hydrogens is 236 g/mol. The summed E-state index contributed by atoms with van der Waals surface area (Å²) in [6.07, 6.45) is 2.71. The molecule has 1 unspecified atom stereocenters. The zero-order chi connectivity index (χ0) is 14.0. The smallest absolute Gasteiger partial charge is 0.434 e. The van der Waals surface area contributed by atoms with Gasteiger partial charge in [-0.2, -0.15) is 4.89 Å². The van der Waals surface area contributed by atoms with Gasteiger partial charge < -0.3 is 9.47 Å². The number of hydrogen-bond donors (Lipinski definition) is 0. The van der Waals surface area contributed by atoms with Gasteiger partial charge in [-0.3, -0.25) is 0 Å². The number of hydrogen-bond acceptors (Lipinski definition) is 5. The molecule has 0 rings (SSSR count). The highest BCUT2D eigenvalue weighted by molar-refractivity contribution is 5.59. The monoisotopic (exact) mass is 262 g/mol. The van der Waals surface area contributed by atoms with E-state index in [2.05, 4.69) is 6.92 Å². The average molecular weight is 262 g/mol. The van der Waals surface area contributed by atoms with Crippen molar-refractivity contribution < 1.29 is 24.0 Å². The van der Waals surface area contributed by atoms with E-state index in [1.165, 1.54) is 0 Å². The zero-order valence-corrected chi connectivity index (χ0v) is 12.2. The van der Waals surface area contributed by atoms with Gasteiger partial charge in [0.25, 0.3) is 0 Å². The van der Waals surface area contributed by atoms with Crippen LogP contribution in [-0.2, 0) is 19.2 Å². The molecule has 0 aromatic carbocycles. The highest BCUT2D eigenvalue weighted by atomic mass is 17.2. The van der Waals surface area contributed by atoms with Crippen LogP contribution in [0.3, 0.4) is 0 Å². The van der Waals surface area contributed by atoms with Crippen molar-refractivity contribution in [2.45, 2.75) is 72.2 Å². The van der Waals surface area contributed by atoms with Crippen molar-refractivity contribution in [2.75, 3.05) is 6.61 Å². The van der Waals surface area contributed by atoms with Crippen molar-refractivity contribution >= 4 is 6.16 Å². The van der Waals surface area contributed by atoms with Gasteiger partial charge in [0.15, 0.2) is 0 Å². The van der Waals surface area contributed by atoms with Gasteiger partial charge in [-0.25, -0.2) is 9.68 Å². The summed E-state index contributed by atoms with van der Waals surface area (Å²) in [5.74, 6) is 0. The van der Waals surface area contributed by atoms with Gasteiger partial charge in [-0.05, 0) is 27.2 Å². The molecule has 0 amide bonds. The molecule has 0 fully saturated rings. The normalized spacial score (nSPS) is 13.2. The van der Waals surface area contributed by atoms with Gasteiger partial charge >= 0.3 is 6.16 Å². The average Bonchev–Trinajstić information content (AvgIpc) is 2.25. The highest BCUT2D eigenvalue weighted by Crippen LogP contribution is 2.10. The number of rotatable bonds is 8. The lowest BCUT2D eigenvalue weighted by atomic mass is 10.2. The second-order valence-electron chi connectivity index (χ2n) is 5.14. The first-order valence-corrected chi connectivity index (χ1v) is 6.53. The Bertz CT molecular complexity index is 222. The lowest BCUT2D eigenvalue weighted by Crippen LogP contribution is -2.26. The molecule has 0 aromatic heterocycles. The predicted molar refractivity (Wildman–Crippen MR) is 68.0 cm³/mol. The number of carbonyl (C=O) groups is 1. The maximum Gasteiger partial charge on any atom is 0.510 e. The summed E-state index contributed by atoms with van der Waals surface area (Å²) < 4.78 is 9.74. The lowest BCUT2D eigenvalue weighted by molar-refractivity contribution is -0.404. The van der Waals surface area contributed by atoms with Crippen molar-refractivity contribution in [3.05, 3.63) is 0 Å². The van der Waals surface area contributed by atoms with Crippen LogP contribution < -0.4 is 0 Å². The summed E-state index contributed by atoms with van der Waals surface area (Å²) in [5.41, 5.74) is -0.443. The first kappa shape index (κ1) is 17.2. The van der Waals surface area contributed by atoms with Crippen LogP contribution in [-0.4, -0.2) is 24.7 Å². The Morgan fingerprint density at radius 2 is 1.83 bits per heavy atom. The van der Waals surface area contributed by atoms with E-state index in [-0.39, 0.29) is 0 Å². The van der Waals surface area contributed by atoms with Gasteiger partial charge in [0.2, 0.25) is 6.29 Å². The number of ether oxygens (including phenoxy) is 2. The van der Waals surface area contributed by atoms with Gasteiger partial charge in [0.1, 0.15) is 0 Å². The molecule has 0 radical (unpaired) electrons. The summed E-state index contributed by atoms with van der Waals surface area (Å²) in [7, 11) is 0. The molecule has 5 heteroatoms. The minimum Gasteiger partial charge on any atom is -0.434 e. The van der Waals surface area contributed by atoms with Gasteiger partial charge in [-0.1, -0.05) is 26.2 Å². The van der Waals surface area contributed by atoms with E-state index in [4.69, 9.17) is 19.2 Å². The molecule has 108 valence electrons. The molecule has 0 N–H and O–H groups in total. The van der Waals surface area contributed by atoms with E-state index in [1.807, 2.05) is 20.8 Å². The van der Waals surface area contributed by atoms with E-state index in [9.17, 15) is 4.79 Å². The second-order valence-corrected chi connectivity index (χ2v) is 5.14. The standard InChI is InChI=1S/C13H26O5/c1-6-7-8-9-10-15-12(14)16-11(2)17-18-13(3,4)5/h11H,6-10H2,1-5H3. The molecule has 0 saturated carbocycles. The number of carbonyl (C=O) groups excluding carboxylic acids is 1. The van der Waals surface area contributed by atoms with E-state index in [1.54, 1.807) is 6.92 Å². The largest absolute Gasteiger partial charge is 0.510 e. The molecule has 0 aliphatic rings. The van der Waals surface area contributed by atoms with E-state index in [0.717, 1.165) is 25.7 Å². The van der Waals surface area contributed by atoms with Crippen molar-refractivity contribution in [2.24, 2.45) is 0 Å². The summed E-state index contributed by atoms with van der Waals surface area (Å²) in [5, 5.41) is 0. The fourth-order valence-corrected chi connectivity index (χ4v) is 1.09. The van der Waals surface area contributed by atoms with Crippen LogP contribution in [0.25, 0.3) is 0 Å². The summed E-state index contributed by atoms with van der Waals surface area (Å²) in [4.78, 5) is 21.1. The topological polar surface area (TPSA) is 54.0 Å². The molecular formula is C13H26O5. The predicted octanol–water partition coefficient (Wildman–Crippen LogP) is 3.81. The minimum atomic E-state index is -0.785. The molecule has 0 saturated heterocycles. The lowest BCUT2D eigenvalue weighted by Gasteiger charge is -2.20. The van der Waals surface area contributed by atoms with E-state index in [0.29, 0.717) is 6.61 Å². The summed E-state index contributed by atoms with van der Waals surface area (Å²) in [6, 6.07) is 0. The molecule has 0 aliphatic carbocycles. The third kappa shape index (κ3) is 11.7. The van der Waals surface area contributed by atoms with E-state index < -0.39 is 18.0 Å². The van der Waals surface area contributed by atoms with Crippen LogP contribution in [0.4, 0.5) is 4.79 Å². The highest BCUT2D eigenvalue weighted by Gasteiger charge is 2.17. The number of unbranched alkanes of at least 4 members (excludes halogenated alkanes) is 3. The zero-order valence-electron chi connectivity index (χ0n) is 12.2. The van der Waals surface area contributed by atoms with Gasteiger partial charge in [0.05, 0.1) is 12.2 Å².